The molecule has 1 saturated heterocycles. The smallest absolute Gasteiger partial charge is 0.250 e. The molecule has 7 heteroatoms. The molecule has 20 heavy (non-hydrogen) atoms. The van der Waals surface area contributed by atoms with Crippen LogP contribution in [0.3, 0.4) is 0 Å². The number of allylic oxidation sites excluding steroid dienone is 1. The van der Waals surface area contributed by atoms with Crippen LogP contribution in [0.4, 0.5) is 0 Å². The molecule has 0 saturated carbocycles. The predicted octanol–water partition coefficient (Wildman–Crippen LogP) is 1.46. The Balaban J connectivity index is 2.01. The van der Waals surface area contributed by atoms with Crippen LogP contribution >= 0.6 is 23.5 Å². The third-order valence-corrected chi connectivity index (χ3v) is 5.01. The molecule has 2 heterocycles. The van der Waals surface area contributed by atoms with E-state index in [1.807, 2.05) is 13.0 Å². The molecule has 0 aromatic heterocycles. The maximum atomic E-state index is 12.3. The van der Waals surface area contributed by atoms with E-state index in [1.54, 1.807) is 35.3 Å². The molecule has 2 aliphatic heterocycles. The van der Waals surface area contributed by atoms with E-state index in [2.05, 4.69) is 10.3 Å². The second kappa shape index (κ2) is 7.17. The fourth-order valence-corrected chi connectivity index (χ4v) is 3.96. The van der Waals surface area contributed by atoms with Crippen molar-refractivity contribution in [3.8, 4) is 0 Å². The van der Waals surface area contributed by atoms with Gasteiger partial charge in [-0.3, -0.25) is 14.6 Å². The first-order valence-electron chi connectivity index (χ1n) is 6.67. The van der Waals surface area contributed by atoms with Crippen LogP contribution in [-0.4, -0.2) is 51.9 Å². The minimum atomic E-state index is -0.392. The molecule has 1 N–H and O–H groups in total. The maximum absolute atomic E-state index is 12.3. The number of aliphatic imine (C=N–C) groups is 1. The highest BCUT2D eigenvalue weighted by atomic mass is 32.2. The predicted molar refractivity (Wildman–Crippen MR) is 84.9 cm³/mol. The second-order valence-corrected chi connectivity index (χ2v) is 6.69. The lowest BCUT2D eigenvalue weighted by Crippen LogP contribution is -2.48. The van der Waals surface area contributed by atoms with Crippen LogP contribution in [-0.2, 0) is 9.59 Å². The van der Waals surface area contributed by atoms with E-state index in [4.69, 9.17) is 0 Å². The molecule has 2 rings (SSSR count). The largest absolute Gasteiger partial charge is 0.317 e. The highest BCUT2D eigenvalue weighted by Crippen LogP contribution is 2.23. The van der Waals surface area contributed by atoms with E-state index in [0.29, 0.717) is 22.4 Å². The van der Waals surface area contributed by atoms with Gasteiger partial charge in [0.1, 0.15) is 6.04 Å². The average molecular weight is 313 g/mol. The molecule has 110 valence electrons. The summed E-state index contributed by atoms with van der Waals surface area (Å²) in [6.07, 6.45) is 2.72. The Morgan fingerprint density at radius 1 is 1.55 bits per heavy atom. The van der Waals surface area contributed by atoms with E-state index in [9.17, 15) is 9.59 Å². The minimum absolute atomic E-state index is 0.0435. The van der Waals surface area contributed by atoms with Crippen LogP contribution in [0.15, 0.2) is 16.6 Å². The van der Waals surface area contributed by atoms with Gasteiger partial charge in [-0.25, -0.2) is 0 Å². The molecule has 0 aliphatic carbocycles. The van der Waals surface area contributed by atoms with Gasteiger partial charge in [0, 0.05) is 17.1 Å². The van der Waals surface area contributed by atoms with Crippen molar-refractivity contribution in [3.63, 3.8) is 0 Å². The van der Waals surface area contributed by atoms with Gasteiger partial charge in [0.15, 0.2) is 5.17 Å². The summed E-state index contributed by atoms with van der Waals surface area (Å²) in [5.41, 5.74) is 0.709. The van der Waals surface area contributed by atoms with Crippen LogP contribution < -0.4 is 5.32 Å². The molecular formula is C13H19N3O2S2. The number of hydrogen-bond donors (Lipinski definition) is 1. The number of thioether (sulfide) groups is 2. The molecule has 0 bridgehead atoms. The van der Waals surface area contributed by atoms with Crippen molar-refractivity contribution in [1.29, 1.82) is 0 Å². The Morgan fingerprint density at radius 3 is 3.00 bits per heavy atom. The number of amidine groups is 1. The van der Waals surface area contributed by atoms with Gasteiger partial charge >= 0.3 is 0 Å². The number of rotatable bonds is 3. The number of amides is 2. The summed E-state index contributed by atoms with van der Waals surface area (Å²) in [5.74, 6) is 1.97. The van der Waals surface area contributed by atoms with Crippen LogP contribution in [0.25, 0.3) is 0 Å². The van der Waals surface area contributed by atoms with Gasteiger partial charge in [0.2, 0.25) is 5.91 Å². The lowest BCUT2D eigenvalue weighted by molar-refractivity contribution is -0.134. The molecule has 1 fully saturated rings. The molecule has 0 aromatic carbocycles. The number of nitrogens with one attached hydrogen (secondary N) is 1. The Bertz CT molecular complexity index is 463. The van der Waals surface area contributed by atoms with Gasteiger partial charge in [-0.05, 0) is 13.3 Å². The molecule has 0 aromatic rings. The van der Waals surface area contributed by atoms with Gasteiger partial charge in [0.05, 0.1) is 12.4 Å². The standard InChI is InChI=1S/C13H19N3O2S2/c1-3-4-9(2)12(18)16-8-19-7-10(16)11(17)15-13-14-5-6-20-13/h4,10H,3,5-8H2,1-2H3,(H,14,15,17)/b9-4-. The molecule has 2 amide bonds. The van der Waals surface area contributed by atoms with E-state index >= 15 is 0 Å². The first-order chi connectivity index (χ1) is 9.63. The van der Waals surface area contributed by atoms with Gasteiger partial charge < -0.3 is 10.2 Å². The van der Waals surface area contributed by atoms with E-state index in [0.717, 1.165) is 18.7 Å². The summed E-state index contributed by atoms with van der Waals surface area (Å²) in [5, 5.41) is 3.50. The van der Waals surface area contributed by atoms with Gasteiger partial charge in [-0.15, -0.1) is 11.8 Å². The summed E-state index contributed by atoms with van der Waals surface area (Å²) in [7, 11) is 0. The third kappa shape index (κ3) is 3.58. The third-order valence-electron chi connectivity index (χ3n) is 3.11. The zero-order valence-corrected chi connectivity index (χ0v) is 13.4. The van der Waals surface area contributed by atoms with Crippen LogP contribution in [0.1, 0.15) is 20.3 Å². The van der Waals surface area contributed by atoms with Crippen LogP contribution in [0, 0.1) is 0 Å². The normalized spacial score (nSPS) is 22.9. The summed E-state index contributed by atoms with van der Waals surface area (Å²) in [6, 6.07) is -0.392. The zero-order valence-electron chi connectivity index (χ0n) is 11.7. The Labute approximate surface area is 127 Å². The maximum Gasteiger partial charge on any atom is 0.250 e. The molecule has 1 unspecified atom stereocenters. The van der Waals surface area contributed by atoms with Crippen molar-refractivity contribution in [2.75, 3.05) is 23.9 Å². The first-order valence-corrected chi connectivity index (χ1v) is 8.81. The van der Waals surface area contributed by atoms with Crippen molar-refractivity contribution in [2.24, 2.45) is 4.99 Å². The Kier molecular flexibility index (Phi) is 5.54. The fourth-order valence-electron chi connectivity index (χ4n) is 2.08. The Morgan fingerprint density at radius 2 is 2.35 bits per heavy atom. The van der Waals surface area contributed by atoms with Crippen molar-refractivity contribution < 1.29 is 9.59 Å². The quantitative estimate of drug-likeness (QED) is 0.801. The lowest BCUT2D eigenvalue weighted by atomic mass is 10.2. The van der Waals surface area contributed by atoms with Gasteiger partial charge in [-0.1, -0.05) is 24.8 Å². The second-order valence-electron chi connectivity index (χ2n) is 4.61. The van der Waals surface area contributed by atoms with E-state index in [1.165, 1.54) is 0 Å². The number of carbonyl (C=O) groups is 2. The van der Waals surface area contributed by atoms with Crippen molar-refractivity contribution in [2.45, 2.75) is 26.3 Å². The summed E-state index contributed by atoms with van der Waals surface area (Å²) in [4.78, 5) is 30.4. The molecule has 5 nitrogen and oxygen atoms in total. The van der Waals surface area contributed by atoms with Crippen molar-refractivity contribution in [1.82, 2.24) is 10.2 Å². The zero-order chi connectivity index (χ0) is 14.5. The van der Waals surface area contributed by atoms with Crippen LogP contribution in [0.2, 0.25) is 0 Å². The van der Waals surface area contributed by atoms with Gasteiger partial charge in [-0.2, -0.15) is 0 Å². The van der Waals surface area contributed by atoms with E-state index in [-0.39, 0.29) is 11.8 Å². The van der Waals surface area contributed by atoms with E-state index < -0.39 is 6.04 Å². The monoisotopic (exact) mass is 313 g/mol. The minimum Gasteiger partial charge on any atom is -0.317 e. The summed E-state index contributed by atoms with van der Waals surface area (Å²) in [6.45, 7) is 4.55. The highest BCUT2D eigenvalue weighted by Gasteiger charge is 2.35. The summed E-state index contributed by atoms with van der Waals surface area (Å²) < 4.78 is 0. The highest BCUT2D eigenvalue weighted by molar-refractivity contribution is 8.14. The van der Waals surface area contributed by atoms with Crippen LogP contribution in [0.5, 0.6) is 0 Å². The molecule has 2 aliphatic rings. The average Bonchev–Trinajstić information content (AvgIpc) is 3.08. The molecule has 0 radical (unpaired) electrons. The van der Waals surface area contributed by atoms with Crippen molar-refractivity contribution >= 4 is 40.5 Å². The fraction of sp³-hybridized carbons (Fsp3) is 0.615. The Hall–Kier alpha value is -0.950. The number of carbonyl (C=O) groups excluding carboxylic acids is 2. The summed E-state index contributed by atoms with van der Waals surface area (Å²) >= 11 is 3.16. The van der Waals surface area contributed by atoms with Gasteiger partial charge in [0.25, 0.3) is 5.91 Å². The topological polar surface area (TPSA) is 61.8 Å². The molecular weight excluding hydrogens is 294 g/mol. The lowest BCUT2D eigenvalue weighted by Gasteiger charge is -2.23. The SMILES string of the molecule is CC/C=C(/C)C(=O)N1CSCC1C(=O)NC1=NCCS1. The number of nitrogens with zero attached hydrogens (tertiary/aromatic N) is 2. The first kappa shape index (κ1) is 15.4. The molecule has 0 spiro atoms. The molecule has 1 atom stereocenters. The van der Waals surface area contributed by atoms with Crippen molar-refractivity contribution in [3.05, 3.63) is 11.6 Å². The number of hydrogen-bond acceptors (Lipinski definition) is 5.